The lowest BCUT2D eigenvalue weighted by Gasteiger charge is -2.10. The Labute approximate surface area is 83.0 Å². The summed E-state index contributed by atoms with van der Waals surface area (Å²) in [6.07, 6.45) is 7.15. The van der Waals surface area contributed by atoms with E-state index in [0.29, 0.717) is 6.42 Å². The molecule has 0 aromatic heterocycles. The summed E-state index contributed by atoms with van der Waals surface area (Å²) < 4.78 is 0. The van der Waals surface area contributed by atoms with E-state index in [9.17, 15) is 4.79 Å². The molecule has 0 aromatic carbocycles. The highest BCUT2D eigenvalue weighted by Crippen LogP contribution is 2.17. The van der Waals surface area contributed by atoms with Crippen LogP contribution in [0.15, 0.2) is 23.8 Å². The monoisotopic (exact) mass is 196 g/mol. The van der Waals surface area contributed by atoms with Crippen LogP contribution in [0.5, 0.6) is 0 Å². The number of aliphatic carboxylic acids is 1. The number of carboxylic acid groups (broad SMARTS) is 1. The van der Waals surface area contributed by atoms with Crippen molar-refractivity contribution in [3.63, 3.8) is 0 Å². The normalized spacial score (nSPS) is 18.2. The summed E-state index contributed by atoms with van der Waals surface area (Å²) in [7, 11) is 0. The third-order valence-corrected chi connectivity index (χ3v) is 2.31. The van der Waals surface area contributed by atoms with Crippen molar-refractivity contribution in [1.29, 1.82) is 0 Å². The molecule has 0 spiro atoms. The molecule has 0 fully saturated rings. The standard InChI is InChI=1S/C10H12O2S/c1-7(10(11)12)6-8-2-4-9(13)5-3-8/h2-4,7H,5-6H2,1H3,(H,11,12). The maximum absolute atomic E-state index is 10.6. The zero-order valence-corrected chi connectivity index (χ0v) is 8.30. The molecular weight excluding hydrogens is 184 g/mol. The predicted octanol–water partition coefficient (Wildman–Crippen LogP) is 2.35. The molecule has 0 saturated heterocycles. The van der Waals surface area contributed by atoms with E-state index in [1.54, 1.807) is 6.92 Å². The van der Waals surface area contributed by atoms with E-state index in [1.807, 2.05) is 18.2 Å². The van der Waals surface area contributed by atoms with Gasteiger partial charge in [0.1, 0.15) is 0 Å². The molecule has 1 atom stereocenters. The van der Waals surface area contributed by atoms with Gasteiger partial charge in [-0.1, -0.05) is 36.9 Å². The van der Waals surface area contributed by atoms with E-state index in [-0.39, 0.29) is 5.92 Å². The predicted molar refractivity (Wildman–Crippen MR) is 55.9 cm³/mol. The van der Waals surface area contributed by atoms with Gasteiger partial charge in [-0.05, 0) is 12.5 Å². The van der Waals surface area contributed by atoms with Gasteiger partial charge in [-0.2, -0.15) is 0 Å². The highest BCUT2D eigenvalue weighted by atomic mass is 32.1. The Morgan fingerprint density at radius 3 is 2.85 bits per heavy atom. The molecule has 1 unspecified atom stereocenters. The molecule has 0 saturated carbocycles. The SMILES string of the molecule is CC(CC1=CCC(=S)C=C1)C(=O)O. The molecule has 70 valence electrons. The molecule has 0 heterocycles. The van der Waals surface area contributed by atoms with Gasteiger partial charge in [-0.25, -0.2) is 0 Å². The molecular formula is C10H12O2S. The second kappa shape index (κ2) is 4.33. The molecule has 0 aliphatic heterocycles. The van der Waals surface area contributed by atoms with Gasteiger partial charge in [-0.15, -0.1) is 0 Å². The van der Waals surface area contributed by atoms with Gasteiger partial charge in [0.2, 0.25) is 0 Å². The van der Waals surface area contributed by atoms with Gasteiger partial charge in [-0.3, -0.25) is 4.79 Å². The van der Waals surface area contributed by atoms with Crippen LogP contribution in [0, 0.1) is 5.92 Å². The minimum absolute atomic E-state index is 0.317. The van der Waals surface area contributed by atoms with E-state index >= 15 is 0 Å². The topological polar surface area (TPSA) is 37.3 Å². The first-order chi connectivity index (χ1) is 6.09. The lowest BCUT2D eigenvalue weighted by molar-refractivity contribution is -0.141. The molecule has 3 heteroatoms. The van der Waals surface area contributed by atoms with Gasteiger partial charge in [0.25, 0.3) is 0 Å². The number of thiocarbonyl (C=S) groups is 1. The van der Waals surface area contributed by atoms with E-state index < -0.39 is 5.97 Å². The fraction of sp³-hybridized carbons (Fsp3) is 0.400. The first-order valence-electron chi connectivity index (χ1n) is 4.22. The molecule has 1 N–H and O–H groups in total. The molecule has 0 aromatic rings. The van der Waals surface area contributed by atoms with Crippen molar-refractivity contribution in [2.45, 2.75) is 19.8 Å². The van der Waals surface area contributed by atoms with Gasteiger partial charge in [0.05, 0.1) is 5.92 Å². The van der Waals surface area contributed by atoms with E-state index in [2.05, 4.69) is 0 Å². The largest absolute Gasteiger partial charge is 0.481 e. The Morgan fingerprint density at radius 2 is 2.38 bits per heavy atom. The van der Waals surface area contributed by atoms with E-state index in [4.69, 9.17) is 17.3 Å². The summed E-state index contributed by atoms with van der Waals surface area (Å²) in [5, 5.41) is 8.69. The number of rotatable bonds is 3. The first-order valence-corrected chi connectivity index (χ1v) is 4.63. The second-order valence-corrected chi connectivity index (χ2v) is 3.75. The van der Waals surface area contributed by atoms with Crippen LogP contribution >= 0.6 is 12.2 Å². The maximum atomic E-state index is 10.6. The average molecular weight is 196 g/mol. The third kappa shape index (κ3) is 3.11. The van der Waals surface area contributed by atoms with Crippen molar-refractivity contribution in [2.24, 2.45) is 5.92 Å². The zero-order chi connectivity index (χ0) is 9.84. The van der Waals surface area contributed by atoms with Gasteiger partial charge in [0, 0.05) is 11.3 Å². The second-order valence-electron chi connectivity index (χ2n) is 3.23. The summed E-state index contributed by atoms with van der Waals surface area (Å²) in [4.78, 5) is 11.5. The highest BCUT2D eigenvalue weighted by Gasteiger charge is 2.12. The Bertz CT molecular complexity index is 289. The van der Waals surface area contributed by atoms with Crippen molar-refractivity contribution < 1.29 is 9.90 Å². The molecule has 1 aliphatic carbocycles. The van der Waals surface area contributed by atoms with Gasteiger partial charge >= 0.3 is 5.97 Å². The molecule has 0 amide bonds. The molecule has 13 heavy (non-hydrogen) atoms. The number of allylic oxidation sites excluding steroid dienone is 4. The van der Waals surface area contributed by atoms with Crippen LogP contribution in [0.2, 0.25) is 0 Å². The van der Waals surface area contributed by atoms with Crippen LogP contribution in [-0.2, 0) is 4.79 Å². The van der Waals surface area contributed by atoms with Crippen LogP contribution < -0.4 is 0 Å². The van der Waals surface area contributed by atoms with Crippen LogP contribution in [0.1, 0.15) is 19.8 Å². The van der Waals surface area contributed by atoms with Crippen LogP contribution in [0.25, 0.3) is 0 Å². The van der Waals surface area contributed by atoms with Crippen molar-refractivity contribution in [1.82, 2.24) is 0 Å². The minimum Gasteiger partial charge on any atom is -0.481 e. The Balaban J connectivity index is 2.52. The summed E-state index contributed by atoms with van der Waals surface area (Å²) in [5.41, 5.74) is 1.07. The summed E-state index contributed by atoms with van der Waals surface area (Å²) in [5.74, 6) is -1.06. The highest BCUT2D eigenvalue weighted by molar-refractivity contribution is 7.80. The van der Waals surface area contributed by atoms with Gasteiger partial charge in [0.15, 0.2) is 0 Å². The van der Waals surface area contributed by atoms with Crippen molar-refractivity contribution in [3.8, 4) is 0 Å². The van der Waals surface area contributed by atoms with Crippen molar-refractivity contribution >= 4 is 23.1 Å². The summed E-state index contributed by atoms with van der Waals surface area (Å²) in [6, 6.07) is 0. The lowest BCUT2D eigenvalue weighted by atomic mass is 9.97. The first kappa shape index (κ1) is 10.1. The quantitative estimate of drug-likeness (QED) is 0.704. The Kier molecular flexibility index (Phi) is 3.37. The lowest BCUT2D eigenvalue weighted by Crippen LogP contribution is -2.10. The fourth-order valence-electron chi connectivity index (χ4n) is 1.16. The van der Waals surface area contributed by atoms with Crippen LogP contribution in [0.3, 0.4) is 0 Å². The van der Waals surface area contributed by atoms with Gasteiger partial charge < -0.3 is 5.11 Å². The molecule has 0 radical (unpaired) electrons. The smallest absolute Gasteiger partial charge is 0.306 e. The molecule has 1 aliphatic rings. The molecule has 1 rings (SSSR count). The fourth-order valence-corrected chi connectivity index (χ4v) is 1.31. The van der Waals surface area contributed by atoms with Crippen molar-refractivity contribution in [3.05, 3.63) is 23.8 Å². The van der Waals surface area contributed by atoms with E-state index in [1.165, 1.54) is 0 Å². The third-order valence-electron chi connectivity index (χ3n) is 2.01. The Hall–Kier alpha value is -0.960. The Morgan fingerprint density at radius 1 is 1.69 bits per heavy atom. The van der Waals surface area contributed by atoms with Crippen molar-refractivity contribution in [2.75, 3.05) is 0 Å². The molecule has 2 nitrogen and oxygen atoms in total. The van der Waals surface area contributed by atoms with Crippen LogP contribution in [0.4, 0.5) is 0 Å². The number of carbonyl (C=O) groups is 1. The number of hydrogen-bond donors (Lipinski definition) is 1. The summed E-state index contributed by atoms with van der Waals surface area (Å²) >= 11 is 4.98. The summed E-state index contributed by atoms with van der Waals surface area (Å²) in [6.45, 7) is 1.71. The number of carboxylic acids is 1. The van der Waals surface area contributed by atoms with E-state index in [0.717, 1.165) is 16.9 Å². The maximum Gasteiger partial charge on any atom is 0.306 e. The van der Waals surface area contributed by atoms with Crippen LogP contribution in [-0.4, -0.2) is 15.9 Å². The average Bonchev–Trinajstić information content (AvgIpc) is 2.08. The number of hydrogen-bond acceptors (Lipinski definition) is 2. The zero-order valence-electron chi connectivity index (χ0n) is 7.49. The molecule has 0 bridgehead atoms. The minimum atomic E-state index is -0.748.